The normalized spacial score (nSPS) is 17.4. The molecule has 43 heavy (non-hydrogen) atoms. The van der Waals surface area contributed by atoms with Crippen LogP contribution in [0.15, 0.2) is 131 Å². The van der Waals surface area contributed by atoms with Crippen molar-refractivity contribution >= 4 is 17.7 Å². The van der Waals surface area contributed by atoms with E-state index < -0.39 is 5.82 Å². The van der Waals surface area contributed by atoms with Crippen LogP contribution in [0.25, 0.3) is 0 Å². The molecule has 3 aliphatic heterocycles. The van der Waals surface area contributed by atoms with Gasteiger partial charge in [-0.1, -0.05) is 49.1 Å². The predicted molar refractivity (Wildman–Crippen MR) is 166 cm³/mol. The standard InChI is InChI=1S/C35H31FN4O3/c1-23(15-16-37-24(2)38-27-13-14-32-33(22-27)43-19-18-42-32)34-30-12-5-6-17-40(30)39-35(34)26-9-7-8-25(20-26)21-31(41)28-10-3-4-11-29(28)36/h3-17,20,22,35,38-39H,2,18-19,21H2,1H3/b23-15+,37-16-. The van der Waals surface area contributed by atoms with Gasteiger partial charge < -0.3 is 14.8 Å². The minimum Gasteiger partial charge on any atom is -0.486 e. The van der Waals surface area contributed by atoms with Crippen LogP contribution in [-0.2, 0) is 6.42 Å². The van der Waals surface area contributed by atoms with E-state index in [1.807, 2.05) is 78.8 Å². The Labute approximate surface area is 250 Å². The lowest BCUT2D eigenvalue weighted by Crippen LogP contribution is -2.29. The molecule has 0 spiro atoms. The molecule has 3 heterocycles. The molecule has 0 saturated heterocycles. The van der Waals surface area contributed by atoms with E-state index in [2.05, 4.69) is 28.4 Å². The maximum Gasteiger partial charge on any atom is 0.170 e. The third-order valence-electron chi connectivity index (χ3n) is 7.33. The SMILES string of the molecule is C=C(/N=C\C=C(/C)C1=C2C=CC=CN2NC1c1cccc(CC(=O)c2ccccc2F)c1)Nc1ccc2c(c1)OCCO2. The van der Waals surface area contributed by atoms with Crippen molar-refractivity contribution in [2.45, 2.75) is 19.4 Å². The number of Topliss-reactive ketones (excluding diaryl/α,β-unsaturated/α-hetero) is 1. The van der Waals surface area contributed by atoms with Crippen LogP contribution < -0.4 is 20.2 Å². The number of carbonyl (C=O) groups is 1. The Morgan fingerprint density at radius 1 is 1.09 bits per heavy atom. The van der Waals surface area contributed by atoms with Gasteiger partial charge in [0.2, 0.25) is 0 Å². The topological polar surface area (TPSA) is 75.2 Å². The first-order chi connectivity index (χ1) is 21.0. The van der Waals surface area contributed by atoms with Crippen LogP contribution in [0.4, 0.5) is 10.1 Å². The Morgan fingerprint density at radius 3 is 2.79 bits per heavy atom. The zero-order valence-electron chi connectivity index (χ0n) is 23.7. The molecule has 1 unspecified atom stereocenters. The maximum atomic E-state index is 14.2. The summed E-state index contributed by atoms with van der Waals surface area (Å²) in [5.41, 5.74) is 9.39. The lowest BCUT2D eigenvalue weighted by atomic mass is 9.91. The molecule has 0 saturated carbocycles. The Kier molecular flexibility index (Phi) is 8.02. The second-order valence-electron chi connectivity index (χ2n) is 10.3. The molecule has 0 radical (unpaired) electrons. The van der Waals surface area contributed by atoms with Crippen LogP contribution >= 0.6 is 0 Å². The van der Waals surface area contributed by atoms with Gasteiger partial charge in [0.05, 0.1) is 17.3 Å². The minimum absolute atomic E-state index is 0.102. The van der Waals surface area contributed by atoms with Gasteiger partial charge in [-0.25, -0.2) is 14.8 Å². The fourth-order valence-corrected chi connectivity index (χ4v) is 5.30. The summed E-state index contributed by atoms with van der Waals surface area (Å²) in [5.74, 6) is 1.14. The molecule has 7 nitrogen and oxygen atoms in total. The molecule has 0 aliphatic carbocycles. The molecule has 1 atom stereocenters. The Balaban J connectivity index is 1.20. The van der Waals surface area contributed by atoms with Gasteiger partial charge in [0.15, 0.2) is 17.3 Å². The van der Waals surface area contributed by atoms with Gasteiger partial charge in [-0.05, 0) is 66.1 Å². The number of ether oxygens (including phenoxy) is 2. The lowest BCUT2D eigenvalue weighted by molar-refractivity contribution is 0.0989. The average molecular weight is 575 g/mol. The van der Waals surface area contributed by atoms with Crippen LogP contribution in [0.2, 0.25) is 0 Å². The van der Waals surface area contributed by atoms with E-state index in [1.54, 1.807) is 18.3 Å². The lowest BCUT2D eigenvalue weighted by Gasteiger charge is -2.20. The summed E-state index contributed by atoms with van der Waals surface area (Å²) >= 11 is 0. The summed E-state index contributed by atoms with van der Waals surface area (Å²) in [6.45, 7) is 7.14. The van der Waals surface area contributed by atoms with Crippen molar-refractivity contribution in [2.75, 3.05) is 18.5 Å². The van der Waals surface area contributed by atoms with E-state index in [-0.39, 0.29) is 23.8 Å². The van der Waals surface area contributed by atoms with E-state index in [9.17, 15) is 9.18 Å². The summed E-state index contributed by atoms with van der Waals surface area (Å²) in [4.78, 5) is 17.3. The largest absolute Gasteiger partial charge is 0.486 e. The van der Waals surface area contributed by atoms with Gasteiger partial charge in [0.1, 0.15) is 24.9 Å². The number of allylic oxidation sites excluding steroid dienone is 4. The number of aliphatic imine (C=N–C) groups is 1. The molecule has 3 aromatic carbocycles. The van der Waals surface area contributed by atoms with Crippen molar-refractivity contribution < 1.29 is 18.7 Å². The van der Waals surface area contributed by atoms with E-state index in [1.165, 1.54) is 12.1 Å². The fourth-order valence-electron chi connectivity index (χ4n) is 5.30. The summed E-state index contributed by atoms with van der Waals surface area (Å²) in [5, 5.41) is 5.19. The van der Waals surface area contributed by atoms with Gasteiger partial charge >= 0.3 is 0 Å². The van der Waals surface area contributed by atoms with Gasteiger partial charge in [0, 0.05) is 36.2 Å². The third kappa shape index (κ3) is 6.19. The second kappa shape index (κ2) is 12.3. The quantitative estimate of drug-likeness (QED) is 0.216. The van der Waals surface area contributed by atoms with Crippen LogP contribution in [0, 0.1) is 5.82 Å². The van der Waals surface area contributed by atoms with Crippen molar-refractivity contribution in [1.29, 1.82) is 0 Å². The molecule has 0 amide bonds. The van der Waals surface area contributed by atoms with E-state index >= 15 is 0 Å². The Hall–Kier alpha value is -5.21. The number of hydrogen-bond donors (Lipinski definition) is 2. The summed E-state index contributed by atoms with van der Waals surface area (Å²) < 4.78 is 25.4. The van der Waals surface area contributed by atoms with Gasteiger partial charge in [-0.3, -0.25) is 9.80 Å². The predicted octanol–water partition coefficient (Wildman–Crippen LogP) is 6.82. The molecular weight excluding hydrogens is 543 g/mol. The van der Waals surface area contributed by atoms with E-state index in [0.717, 1.165) is 39.4 Å². The number of nitrogens with one attached hydrogen (secondary N) is 2. The first-order valence-corrected chi connectivity index (χ1v) is 14.0. The number of halogens is 1. The Bertz CT molecular complexity index is 1740. The van der Waals surface area contributed by atoms with Gasteiger partial charge in [0.25, 0.3) is 0 Å². The van der Waals surface area contributed by atoms with Crippen molar-refractivity contribution in [3.05, 3.63) is 149 Å². The highest BCUT2D eigenvalue weighted by atomic mass is 19.1. The number of nitrogens with zero attached hydrogens (tertiary/aromatic N) is 2. The zero-order chi connectivity index (χ0) is 29.8. The molecule has 3 aliphatic rings. The molecule has 8 heteroatoms. The van der Waals surface area contributed by atoms with E-state index in [0.29, 0.717) is 24.8 Å². The highest BCUT2D eigenvalue weighted by Gasteiger charge is 2.31. The molecule has 0 fully saturated rings. The highest BCUT2D eigenvalue weighted by molar-refractivity contribution is 5.97. The number of hydrogen-bond acceptors (Lipinski definition) is 7. The first-order valence-electron chi connectivity index (χ1n) is 14.0. The smallest absolute Gasteiger partial charge is 0.170 e. The van der Waals surface area contributed by atoms with E-state index in [4.69, 9.17) is 9.47 Å². The summed E-state index contributed by atoms with van der Waals surface area (Å²) in [6.07, 6.45) is 11.8. The maximum absolute atomic E-state index is 14.2. The number of hydrazine groups is 1. The van der Waals surface area contributed by atoms with Crippen molar-refractivity contribution in [2.24, 2.45) is 4.99 Å². The van der Waals surface area contributed by atoms with Crippen LogP contribution in [0.5, 0.6) is 11.5 Å². The van der Waals surface area contributed by atoms with Crippen LogP contribution in [-0.4, -0.2) is 30.2 Å². The fraction of sp³-hybridized carbons (Fsp3) is 0.143. The van der Waals surface area contributed by atoms with Crippen LogP contribution in [0.3, 0.4) is 0 Å². The number of fused-ring (bicyclic) bond motifs is 2. The second-order valence-corrected chi connectivity index (χ2v) is 10.3. The Morgan fingerprint density at radius 2 is 1.93 bits per heavy atom. The molecule has 2 N–H and O–H groups in total. The average Bonchev–Trinajstić information content (AvgIpc) is 3.41. The number of rotatable bonds is 9. The number of ketones is 1. The molecule has 0 aromatic heterocycles. The molecule has 0 bridgehead atoms. The monoisotopic (exact) mass is 574 g/mol. The third-order valence-corrected chi connectivity index (χ3v) is 7.33. The summed E-state index contributed by atoms with van der Waals surface area (Å²) in [6, 6.07) is 19.4. The number of carbonyl (C=O) groups excluding carboxylic acids is 1. The van der Waals surface area contributed by atoms with Gasteiger partial charge in [-0.2, -0.15) is 0 Å². The number of anilines is 1. The van der Waals surface area contributed by atoms with Crippen molar-refractivity contribution in [1.82, 2.24) is 10.4 Å². The molecular formula is C35H31FN4O3. The van der Waals surface area contributed by atoms with Gasteiger partial charge in [-0.15, -0.1) is 0 Å². The minimum atomic E-state index is -0.504. The molecule has 216 valence electrons. The van der Waals surface area contributed by atoms with Crippen molar-refractivity contribution in [3.63, 3.8) is 0 Å². The zero-order valence-corrected chi connectivity index (χ0v) is 23.7. The molecule has 3 aromatic rings. The van der Waals surface area contributed by atoms with Crippen LogP contribution in [0.1, 0.15) is 34.5 Å². The highest BCUT2D eigenvalue weighted by Crippen LogP contribution is 2.38. The first kappa shape index (κ1) is 27.9. The summed E-state index contributed by atoms with van der Waals surface area (Å²) in [7, 11) is 0. The van der Waals surface area contributed by atoms with Crippen molar-refractivity contribution in [3.8, 4) is 11.5 Å². The molecule has 6 rings (SSSR count). The number of benzene rings is 3.